The summed E-state index contributed by atoms with van der Waals surface area (Å²) in [6.07, 6.45) is 4.60. The molecule has 190 valence electrons. The third-order valence-corrected chi connectivity index (χ3v) is 8.74. The zero-order chi connectivity index (χ0) is 24.9. The topological polar surface area (TPSA) is 91.3 Å². The van der Waals surface area contributed by atoms with Crippen LogP contribution in [0.1, 0.15) is 70.9 Å². The number of phenolic OH excluding ortho intramolecular Hbond substituents is 2. The summed E-state index contributed by atoms with van der Waals surface area (Å²) in [6, 6.07) is 4.03. The number of likely N-dealkylation sites (N-methyl/N-ethyl adjacent to an activating group) is 1. The van der Waals surface area contributed by atoms with E-state index >= 15 is 0 Å². The highest BCUT2D eigenvalue weighted by Gasteiger charge is 2.68. The minimum absolute atomic E-state index is 0.0133. The predicted molar refractivity (Wildman–Crippen MR) is 131 cm³/mol. The fourth-order valence-electron chi connectivity index (χ4n) is 7.33. The highest BCUT2D eigenvalue weighted by molar-refractivity contribution is 5.69. The Kier molecular flexibility index (Phi) is 6.68. The number of methoxy groups -OCH3 is 1. The molecular weight excluding hydrogens is 432 g/mol. The third-order valence-electron chi connectivity index (χ3n) is 8.74. The van der Waals surface area contributed by atoms with Crippen LogP contribution in [-0.2, 0) is 26.1 Å². The third kappa shape index (κ3) is 3.90. The minimum Gasteiger partial charge on any atom is -0.504 e. The molecule has 2 bridgehead atoms. The molecule has 3 N–H and O–H groups in total. The standard InChI is InChI=1S/C27H42N2O5/c1-17-19(28-14-7-8-22(31)34-25(2,3)4)11-12-27(33-6)21-16-18-9-10-20(30)24(32)23(18)26(17,27)13-15-29(21)5/h9-10,17,19,21,28,30,32H,7-8,11-16H2,1-6H3/t17-,19?,21?,26+,27+/m0/s1. The van der Waals surface area contributed by atoms with Crippen molar-refractivity contribution in [2.45, 2.75) is 94.9 Å². The number of fused-ring (bicyclic) bond motifs is 1. The van der Waals surface area contributed by atoms with E-state index in [1.165, 1.54) is 0 Å². The zero-order valence-electron chi connectivity index (χ0n) is 21.6. The molecule has 7 nitrogen and oxygen atoms in total. The van der Waals surface area contributed by atoms with Gasteiger partial charge in [-0.15, -0.1) is 0 Å². The second kappa shape index (κ2) is 8.99. The van der Waals surface area contributed by atoms with E-state index in [2.05, 4.69) is 24.2 Å². The van der Waals surface area contributed by atoms with Crippen LogP contribution in [0.15, 0.2) is 12.1 Å². The smallest absolute Gasteiger partial charge is 0.306 e. The average Bonchev–Trinajstić information content (AvgIpc) is 2.76. The zero-order valence-corrected chi connectivity index (χ0v) is 21.6. The molecule has 1 aliphatic heterocycles. The lowest BCUT2D eigenvalue weighted by molar-refractivity contribution is -0.201. The summed E-state index contributed by atoms with van der Waals surface area (Å²) in [5.74, 6) is -0.0390. The summed E-state index contributed by atoms with van der Waals surface area (Å²) < 4.78 is 11.9. The first-order chi connectivity index (χ1) is 16.0. The van der Waals surface area contributed by atoms with Crippen molar-refractivity contribution in [3.8, 4) is 11.5 Å². The van der Waals surface area contributed by atoms with Crippen molar-refractivity contribution in [1.29, 1.82) is 0 Å². The van der Waals surface area contributed by atoms with E-state index in [1.807, 2.05) is 33.9 Å². The summed E-state index contributed by atoms with van der Waals surface area (Å²) in [7, 11) is 3.99. The highest BCUT2D eigenvalue weighted by atomic mass is 16.6. The summed E-state index contributed by atoms with van der Waals surface area (Å²) in [5.41, 5.74) is 0.698. The van der Waals surface area contributed by atoms with Gasteiger partial charge in [-0.25, -0.2) is 0 Å². The molecule has 34 heavy (non-hydrogen) atoms. The van der Waals surface area contributed by atoms with E-state index in [9.17, 15) is 15.0 Å². The molecule has 0 radical (unpaired) electrons. The Morgan fingerprint density at radius 2 is 2.00 bits per heavy atom. The van der Waals surface area contributed by atoms with Crippen LogP contribution in [0.5, 0.6) is 11.5 Å². The number of hydrogen-bond acceptors (Lipinski definition) is 7. The number of rotatable bonds is 6. The van der Waals surface area contributed by atoms with E-state index in [1.54, 1.807) is 6.07 Å². The van der Waals surface area contributed by atoms with Crippen molar-refractivity contribution in [3.63, 3.8) is 0 Å². The van der Waals surface area contributed by atoms with Crippen molar-refractivity contribution >= 4 is 5.97 Å². The fraction of sp³-hybridized carbons (Fsp3) is 0.741. The van der Waals surface area contributed by atoms with Crippen LogP contribution in [0.2, 0.25) is 0 Å². The van der Waals surface area contributed by atoms with Gasteiger partial charge in [0.15, 0.2) is 11.5 Å². The molecule has 7 heteroatoms. The van der Waals surface area contributed by atoms with Gasteiger partial charge in [-0.05, 0) is 90.6 Å². The molecule has 0 amide bonds. The molecule has 0 aromatic heterocycles. The molecule has 1 saturated heterocycles. The van der Waals surface area contributed by atoms with Crippen LogP contribution in [0, 0.1) is 5.92 Å². The summed E-state index contributed by atoms with van der Waals surface area (Å²) in [6.45, 7) is 9.57. The van der Waals surface area contributed by atoms with E-state index in [-0.39, 0.29) is 35.5 Å². The Hall–Kier alpha value is -1.83. The summed E-state index contributed by atoms with van der Waals surface area (Å²) in [4.78, 5) is 14.5. The quantitative estimate of drug-likeness (QED) is 0.330. The van der Waals surface area contributed by atoms with E-state index in [0.29, 0.717) is 12.8 Å². The highest BCUT2D eigenvalue weighted by Crippen LogP contribution is 2.63. The van der Waals surface area contributed by atoms with Gasteiger partial charge in [-0.1, -0.05) is 13.0 Å². The number of nitrogens with zero attached hydrogens (tertiary/aromatic N) is 1. The van der Waals surface area contributed by atoms with Crippen LogP contribution >= 0.6 is 0 Å². The van der Waals surface area contributed by atoms with Gasteiger partial charge in [0.2, 0.25) is 0 Å². The maximum Gasteiger partial charge on any atom is 0.306 e. The molecule has 1 saturated carbocycles. The first kappa shape index (κ1) is 25.3. The minimum atomic E-state index is -0.461. The molecule has 3 aliphatic rings. The molecule has 1 aromatic carbocycles. The first-order valence-electron chi connectivity index (χ1n) is 12.7. The number of piperidine rings is 1. The molecule has 4 rings (SSSR count). The van der Waals surface area contributed by atoms with E-state index < -0.39 is 16.6 Å². The second-order valence-electron chi connectivity index (χ2n) is 11.6. The molecular formula is C27H42N2O5. The Morgan fingerprint density at radius 1 is 1.26 bits per heavy atom. The maximum atomic E-state index is 12.1. The normalized spacial score (nSPS) is 33.2. The van der Waals surface area contributed by atoms with Gasteiger partial charge in [0, 0.05) is 36.6 Å². The van der Waals surface area contributed by atoms with Crippen molar-refractivity contribution in [3.05, 3.63) is 23.3 Å². The number of carbonyl (C=O) groups is 1. The number of esters is 1. The summed E-state index contributed by atoms with van der Waals surface area (Å²) >= 11 is 0. The molecule has 0 spiro atoms. The largest absolute Gasteiger partial charge is 0.504 e. The van der Waals surface area contributed by atoms with Crippen molar-refractivity contribution in [2.75, 3.05) is 27.2 Å². The van der Waals surface area contributed by atoms with Crippen molar-refractivity contribution in [2.24, 2.45) is 5.92 Å². The monoisotopic (exact) mass is 474 g/mol. The number of nitrogens with one attached hydrogen (secondary N) is 1. The number of hydrogen-bond donors (Lipinski definition) is 3. The molecule has 2 unspecified atom stereocenters. The van der Waals surface area contributed by atoms with Crippen LogP contribution < -0.4 is 5.32 Å². The van der Waals surface area contributed by atoms with Gasteiger partial charge in [0.1, 0.15) is 5.60 Å². The number of phenols is 2. The van der Waals surface area contributed by atoms with Crippen molar-refractivity contribution in [1.82, 2.24) is 10.2 Å². The number of benzene rings is 1. The Labute approximate surface area is 203 Å². The van der Waals surface area contributed by atoms with Gasteiger partial charge in [0.25, 0.3) is 0 Å². The molecule has 5 atom stereocenters. The van der Waals surface area contributed by atoms with Gasteiger partial charge >= 0.3 is 5.97 Å². The lowest BCUT2D eigenvalue weighted by Crippen LogP contribution is -2.76. The molecule has 2 fully saturated rings. The number of likely N-dealkylation sites (tertiary alicyclic amines) is 1. The second-order valence-corrected chi connectivity index (χ2v) is 11.6. The van der Waals surface area contributed by atoms with Crippen molar-refractivity contribution < 1.29 is 24.5 Å². The van der Waals surface area contributed by atoms with Gasteiger partial charge < -0.3 is 29.9 Å². The van der Waals surface area contributed by atoms with E-state index in [4.69, 9.17) is 9.47 Å². The lowest BCUT2D eigenvalue weighted by atomic mass is 9.45. The van der Waals surface area contributed by atoms with Gasteiger partial charge in [-0.2, -0.15) is 0 Å². The fourth-order valence-corrected chi connectivity index (χ4v) is 7.33. The first-order valence-corrected chi connectivity index (χ1v) is 12.7. The lowest BCUT2D eigenvalue weighted by Gasteiger charge is -2.68. The molecule has 1 heterocycles. The number of carbonyl (C=O) groups excluding carboxylic acids is 1. The van der Waals surface area contributed by atoms with Crippen LogP contribution in [-0.4, -0.2) is 71.6 Å². The SMILES string of the molecule is CO[C@@]12CCC(NCCCC(=O)OC(C)(C)C)[C@H](C)[C@@]13CCN(C)C2Cc1ccc(O)c(O)c13. The Morgan fingerprint density at radius 3 is 2.68 bits per heavy atom. The predicted octanol–water partition coefficient (Wildman–Crippen LogP) is 3.49. The van der Waals surface area contributed by atoms with Crippen LogP contribution in [0.4, 0.5) is 0 Å². The number of aromatic hydroxyl groups is 2. The van der Waals surface area contributed by atoms with E-state index in [0.717, 1.165) is 49.9 Å². The number of ether oxygens (including phenoxy) is 2. The molecule has 1 aromatic rings. The molecule has 2 aliphatic carbocycles. The van der Waals surface area contributed by atoms with Gasteiger partial charge in [0.05, 0.1) is 5.60 Å². The summed E-state index contributed by atoms with van der Waals surface area (Å²) in [5, 5.41) is 25.3. The Bertz CT molecular complexity index is 928. The average molecular weight is 475 g/mol. The van der Waals surface area contributed by atoms with Crippen LogP contribution in [0.25, 0.3) is 0 Å². The maximum absolute atomic E-state index is 12.1. The Balaban J connectivity index is 1.60. The van der Waals surface area contributed by atoms with Gasteiger partial charge in [-0.3, -0.25) is 4.79 Å². The van der Waals surface area contributed by atoms with Crippen LogP contribution in [0.3, 0.4) is 0 Å².